The van der Waals surface area contributed by atoms with Crippen molar-refractivity contribution in [1.29, 1.82) is 0 Å². The Hall–Kier alpha value is -4.68. The summed E-state index contributed by atoms with van der Waals surface area (Å²) in [6.45, 7) is 3.10. The van der Waals surface area contributed by atoms with Crippen LogP contribution in [0.3, 0.4) is 0 Å². The summed E-state index contributed by atoms with van der Waals surface area (Å²) in [5, 5.41) is 6.53. The first-order valence-corrected chi connectivity index (χ1v) is 12.7. The third-order valence-electron chi connectivity index (χ3n) is 6.50. The molecule has 2 amide bonds. The van der Waals surface area contributed by atoms with Crippen molar-refractivity contribution in [2.45, 2.75) is 13.1 Å². The van der Waals surface area contributed by atoms with Gasteiger partial charge in [0.15, 0.2) is 5.82 Å². The molecule has 1 aliphatic heterocycles. The summed E-state index contributed by atoms with van der Waals surface area (Å²) in [7, 11) is 0. The minimum absolute atomic E-state index is 0.133. The fourth-order valence-corrected chi connectivity index (χ4v) is 4.56. The zero-order chi connectivity index (χ0) is 28.3. The Morgan fingerprint density at radius 1 is 1.00 bits per heavy atom. The van der Waals surface area contributed by atoms with E-state index in [-0.39, 0.29) is 43.8 Å². The van der Waals surface area contributed by atoms with Gasteiger partial charge in [-0.25, -0.2) is 15.0 Å². The molecule has 1 aliphatic rings. The number of anilines is 2. The van der Waals surface area contributed by atoms with Crippen LogP contribution in [0, 0.1) is 0 Å². The van der Waals surface area contributed by atoms with Crippen molar-refractivity contribution in [2.75, 3.05) is 49.5 Å². The smallest absolute Gasteiger partial charge is 0.368 e. The van der Waals surface area contributed by atoms with Crippen molar-refractivity contribution in [3.05, 3.63) is 66.0 Å². The van der Waals surface area contributed by atoms with Crippen LogP contribution in [0.15, 0.2) is 54.7 Å². The van der Waals surface area contributed by atoms with Gasteiger partial charge in [-0.3, -0.25) is 9.59 Å². The van der Waals surface area contributed by atoms with Crippen LogP contribution in [-0.2, 0) is 11.0 Å². The first-order valence-electron chi connectivity index (χ1n) is 12.7. The van der Waals surface area contributed by atoms with Crippen molar-refractivity contribution in [3.8, 4) is 11.4 Å². The Kier molecular flexibility index (Phi) is 7.54. The molecular formula is C27H27F3N8O2. The maximum Gasteiger partial charge on any atom is 0.419 e. The summed E-state index contributed by atoms with van der Waals surface area (Å²) in [5.41, 5.74) is 0.750. The summed E-state index contributed by atoms with van der Waals surface area (Å²) in [4.78, 5) is 44.1. The van der Waals surface area contributed by atoms with Gasteiger partial charge < -0.3 is 25.4 Å². The van der Waals surface area contributed by atoms with Crippen molar-refractivity contribution in [1.82, 2.24) is 30.2 Å². The number of fused-ring (bicyclic) bond motifs is 1. The molecule has 208 valence electrons. The topological polar surface area (TPSA) is 119 Å². The molecule has 0 unspecified atom stereocenters. The predicted octanol–water partition coefficient (Wildman–Crippen LogP) is 3.55. The van der Waals surface area contributed by atoms with Gasteiger partial charge in [0.25, 0.3) is 5.91 Å². The number of pyridine rings is 1. The van der Waals surface area contributed by atoms with Crippen LogP contribution in [0.5, 0.6) is 0 Å². The normalized spacial score (nSPS) is 13.9. The van der Waals surface area contributed by atoms with Gasteiger partial charge in [0.1, 0.15) is 23.0 Å². The molecule has 3 aromatic heterocycles. The van der Waals surface area contributed by atoms with E-state index in [1.807, 2.05) is 30.3 Å². The van der Waals surface area contributed by atoms with Crippen molar-refractivity contribution < 1.29 is 22.8 Å². The molecule has 40 heavy (non-hydrogen) atoms. The second-order valence-electron chi connectivity index (χ2n) is 9.27. The second-order valence-corrected chi connectivity index (χ2v) is 9.27. The van der Waals surface area contributed by atoms with Crippen molar-refractivity contribution in [2.24, 2.45) is 0 Å². The Morgan fingerprint density at radius 2 is 1.75 bits per heavy atom. The van der Waals surface area contributed by atoms with Crippen LogP contribution in [0.2, 0.25) is 0 Å². The summed E-state index contributed by atoms with van der Waals surface area (Å²) >= 11 is 0. The molecular weight excluding hydrogens is 525 g/mol. The highest BCUT2D eigenvalue weighted by atomic mass is 19.4. The molecule has 1 aromatic carbocycles. The van der Waals surface area contributed by atoms with Gasteiger partial charge in [-0.1, -0.05) is 30.3 Å². The van der Waals surface area contributed by atoms with Crippen LogP contribution >= 0.6 is 0 Å². The van der Waals surface area contributed by atoms with E-state index in [9.17, 15) is 22.8 Å². The summed E-state index contributed by atoms with van der Waals surface area (Å²) in [6.07, 6.45) is -3.19. The highest BCUT2D eigenvalue weighted by Gasteiger charge is 2.36. The number of hydrogen-bond acceptors (Lipinski definition) is 7. The molecule has 13 heteroatoms. The quantitative estimate of drug-likeness (QED) is 0.300. The average Bonchev–Trinajstić information content (AvgIpc) is 3.39. The molecule has 1 fully saturated rings. The van der Waals surface area contributed by atoms with Gasteiger partial charge in [-0.2, -0.15) is 13.2 Å². The summed E-state index contributed by atoms with van der Waals surface area (Å²) < 4.78 is 40.4. The number of amides is 2. The molecule has 0 atom stereocenters. The van der Waals surface area contributed by atoms with E-state index < -0.39 is 11.7 Å². The fraction of sp³-hybridized carbons (Fsp3) is 0.296. The number of nitrogens with zero attached hydrogens (tertiary/aromatic N) is 5. The molecule has 0 spiro atoms. The lowest BCUT2D eigenvalue weighted by Gasteiger charge is -2.36. The van der Waals surface area contributed by atoms with E-state index in [2.05, 4.69) is 30.6 Å². The Morgan fingerprint density at radius 3 is 2.45 bits per heavy atom. The van der Waals surface area contributed by atoms with Crippen molar-refractivity contribution >= 4 is 34.5 Å². The number of alkyl halides is 3. The standard InChI is InChI=1S/C27H27F3N8O2/c1-17(39)31-10-11-32-23-19-16-21(34-24(19)36-22(35-23)18-6-3-2-4-7-18)26(40)38-14-12-37(13-15-38)25-20(27(28,29)30)8-5-9-33-25/h2-9,16H,10-15H2,1H3,(H,31,39)(H2,32,34,35,36). The van der Waals surface area contributed by atoms with Crippen molar-refractivity contribution in [3.63, 3.8) is 0 Å². The maximum atomic E-state index is 13.5. The molecule has 0 aliphatic carbocycles. The van der Waals surface area contributed by atoms with Gasteiger partial charge in [0, 0.05) is 58.0 Å². The number of carbonyl (C=O) groups excluding carboxylic acids is 2. The highest BCUT2D eigenvalue weighted by Crippen LogP contribution is 2.35. The second kappa shape index (κ2) is 11.2. The first-order chi connectivity index (χ1) is 19.2. The number of hydrogen-bond donors (Lipinski definition) is 3. The molecule has 10 nitrogen and oxygen atoms in total. The van der Waals surface area contributed by atoms with E-state index in [1.165, 1.54) is 19.2 Å². The molecule has 4 heterocycles. The zero-order valence-corrected chi connectivity index (χ0v) is 21.6. The van der Waals surface area contributed by atoms with Gasteiger partial charge >= 0.3 is 6.18 Å². The summed E-state index contributed by atoms with van der Waals surface area (Å²) in [6, 6.07) is 13.3. The molecule has 0 saturated carbocycles. The number of halogens is 3. The van der Waals surface area contributed by atoms with Gasteiger partial charge in [-0.05, 0) is 18.2 Å². The zero-order valence-electron chi connectivity index (χ0n) is 21.6. The maximum absolute atomic E-state index is 13.5. The third kappa shape index (κ3) is 5.82. The first kappa shape index (κ1) is 26.9. The molecule has 5 rings (SSSR count). The SMILES string of the molecule is CC(=O)NCCNc1nc(-c2ccccc2)nc2[nH]c(C(=O)N3CCN(c4ncccc4C(F)(F)F)CC3)cc12. The molecule has 1 saturated heterocycles. The molecule has 3 N–H and O–H groups in total. The largest absolute Gasteiger partial charge is 0.419 e. The van der Waals surface area contributed by atoms with E-state index in [0.29, 0.717) is 41.5 Å². The third-order valence-corrected chi connectivity index (χ3v) is 6.50. The number of aromatic amines is 1. The van der Waals surface area contributed by atoms with Crippen LogP contribution in [-0.4, -0.2) is 75.9 Å². The number of piperazine rings is 1. The predicted molar refractivity (Wildman–Crippen MR) is 144 cm³/mol. The van der Waals surface area contributed by atoms with Crippen LogP contribution < -0.4 is 15.5 Å². The average molecular weight is 553 g/mol. The van der Waals surface area contributed by atoms with E-state index in [0.717, 1.165) is 11.6 Å². The van der Waals surface area contributed by atoms with Gasteiger partial charge in [-0.15, -0.1) is 0 Å². The van der Waals surface area contributed by atoms with Crippen LogP contribution in [0.4, 0.5) is 24.8 Å². The highest BCUT2D eigenvalue weighted by molar-refractivity contribution is 6.00. The molecule has 4 aromatic rings. The van der Waals surface area contributed by atoms with E-state index in [4.69, 9.17) is 0 Å². The summed E-state index contributed by atoms with van der Waals surface area (Å²) in [5.74, 6) is 0.392. The Balaban J connectivity index is 1.36. The minimum Gasteiger partial charge on any atom is -0.368 e. The van der Waals surface area contributed by atoms with Crippen LogP contribution in [0.25, 0.3) is 22.4 Å². The molecule has 0 bridgehead atoms. The monoisotopic (exact) mass is 552 g/mol. The molecule has 0 radical (unpaired) electrons. The number of nitrogens with one attached hydrogen (secondary N) is 3. The number of rotatable bonds is 7. The number of carbonyl (C=O) groups is 2. The Bertz CT molecular complexity index is 1520. The van der Waals surface area contributed by atoms with E-state index in [1.54, 1.807) is 15.9 Å². The lowest BCUT2D eigenvalue weighted by atomic mass is 10.2. The Labute approximate surface area is 227 Å². The number of benzene rings is 1. The van der Waals surface area contributed by atoms with Crippen LogP contribution in [0.1, 0.15) is 23.0 Å². The van der Waals surface area contributed by atoms with Gasteiger partial charge in [0.2, 0.25) is 5.91 Å². The lowest BCUT2D eigenvalue weighted by molar-refractivity contribution is -0.137. The fourth-order valence-electron chi connectivity index (χ4n) is 4.56. The van der Waals surface area contributed by atoms with E-state index >= 15 is 0 Å². The number of H-pyrrole nitrogens is 1. The number of aromatic nitrogens is 4. The van der Waals surface area contributed by atoms with Gasteiger partial charge in [0.05, 0.1) is 10.9 Å². The lowest BCUT2D eigenvalue weighted by Crippen LogP contribution is -2.49. The minimum atomic E-state index is -4.52.